The Morgan fingerprint density at radius 2 is 1.76 bits per heavy atom. The number of nitrogens with one attached hydrogen (secondary N) is 2. The molecule has 42 heavy (non-hydrogen) atoms. The number of carbonyl (C=O) groups excluding carboxylic acids is 1. The van der Waals surface area contributed by atoms with E-state index in [1.165, 1.54) is 19.9 Å². The van der Waals surface area contributed by atoms with E-state index in [-0.39, 0.29) is 24.1 Å². The molecule has 0 saturated carbocycles. The van der Waals surface area contributed by atoms with Crippen LogP contribution in [0.4, 0.5) is 29.3 Å². The number of aromatic nitrogens is 2. The molecule has 1 saturated heterocycles. The molecule has 1 aliphatic heterocycles. The number of pyridine rings is 2. The average Bonchev–Trinajstić information content (AvgIpc) is 2.86. The molecule has 1 fully saturated rings. The van der Waals surface area contributed by atoms with Crippen LogP contribution in [0, 0.1) is 23.4 Å². The number of alkyl carbamates (subject to hydrolysis) is 1. The van der Waals surface area contributed by atoms with Crippen LogP contribution in [-0.4, -0.2) is 45.9 Å². The van der Waals surface area contributed by atoms with Gasteiger partial charge in [0.2, 0.25) is 0 Å². The van der Waals surface area contributed by atoms with E-state index < -0.39 is 46.0 Å². The standard InChI is InChI=1S/C31H38F3N5O3/c1-18-11-21(38-29(40)42-30(2,3)4)17-39(16-18)26-9-10-35-15-25(26)36-14-20-7-8-22(32)28(37-20)27-23(33)12-19(13-24(27)34)31(5,6)41/h7-10,12-13,15,18,21,36,41H,11,14,16-17H2,1-6H3,(H,38,40)/t18-,21+/m1/s1. The number of rotatable bonds is 7. The number of ether oxygens (including phenoxy) is 1. The summed E-state index contributed by atoms with van der Waals surface area (Å²) in [7, 11) is 0. The second-order valence-corrected chi connectivity index (χ2v) is 12.3. The fourth-order valence-corrected chi connectivity index (χ4v) is 5.02. The minimum atomic E-state index is -1.47. The zero-order valence-corrected chi connectivity index (χ0v) is 24.8. The van der Waals surface area contributed by atoms with Crippen LogP contribution in [0.15, 0.2) is 42.7 Å². The van der Waals surface area contributed by atoms with Crippen LogP contribution in [0.1, 0.15) is 59.2 Å². The van der Waals surface area contributed by atoms with Crippen molar-refractivity contribution in [2.75, 3.05) is 23.3 Å². The third kappa shape index (κ3) is 7.70. The summed E-state index contributed by atoms with van der Waals surface area (Å²) in [5, 5.41) is 16.4. The molecule has 11 heteroatoms. The van der Waals surface area contributed by atoms with Gasteiger partial charge in [-0.1, -0.05) is 6.92 Å². The SMILES string of the molecule is C[C@@H]1C[C@H](NC(=O)OC(C)(C)C)CN(c2ccncc2NCc2ccc(F)c(-c3c(F)cc(C(C)(C)O)cc3F)n2)C1. The van der Waals surface area contributed by atoms with Crippen molar-refractivity contribution >= 4 is 17.5 Å². The third-order valence-electron chi connectivity index (χ3n) is 6.87. The lowest BCUT2D eigenvalue weighted by Crippen LogP contribution is -2.51. The summed E-state index contributed by atoms with van der Waals surface area (Å²) in [6.45, 7) is 11.8. The molecule has 2 atom stereocenters. The van der Waals surface area contributed by atoms with Crippen LogP contribution in [0.2, 0.25) is 0 Å². The van der Waals surface area contributed by atoms with Crippen molar-refractivity contribution in [1.82, 2.24) is 15.3 Å². The topological polar surface area (TPSA) is 99.6 Å². The quantitative estimate of drug-likeness (QED) is 0.306. The predicted octanol–water partition coefficient (Wildman–Crippen LogP) is 6.14. The smallest absolute Gasteiger partial charge is 0.407 e. The first-order valence-electron chi connectivity index (χ1n) is 13.9. The summed E-state index contributed by atoms with van der Waals surface area (Å²) in [5.41, 5.74) is -1.22. The predicted molar refractivity (Wildman–Crippen MR) is 156 cm³/mol. The van der Waals surface area contributed by atoms with Gasteiger partial charge in [0.1, 0.15) is 28.7 Å². The molecule has 1 aliphatic rings. The lowest BCUT2D eigenvalue weighted by molar-refractivity contribution is 0.0495. The van der Waals surface area contributed by atoms with Gasteiger partial charge < -0.3 is 25.4 Å². The number of anilines is 2. The normalized spacial score (nSPS) is 17.6. The Bertz CT molecular complexity index is 1420. The number of halogens is 3. The van der Waals surface area contributed by atoms with Crippen LogP contribution in [0.25, 0.3) is 11.3 Å². The van der Waals surface area contributed by atoms with E-state index in [2.05, 4.69) is 32.4 Å². The van der Waals surface area contributed by atoms with E-state index in [9.17, 15) is 23.1 Å². The summed E-state index contributed by atoms with van der Waals surface area (Å²) in [4.78, 5) is 23.0. The third-order valence-corrected chi connectivity index (χ3v) is 6.87. The Kier molecular flexibility index (Phi) is 9.01. The summed E-state index contributed by atoms with van der Waals surface area (Å²) < 4.78 is 50.1. The van der Waals surface area contributed by atoms with E-state index in [0.29, 0.717) is 17.9 Å². The minimum absolute atomic E-state index is 0.0270. The number of benzene rings is 1. The van der Waals surface area contributed by atoms with Gasteiger partial charge in [0, 0.05) is 25.3 Å². The summed E-state index contributed by atoms with van der Waals surface area (Å²) in [5.74, 6) is -2.63. The van der Waals surface area contributed by atoms with Crippen molar-refractivity contribution in [1.29, 1.82) is 0 Å². The van der Waals surface area contributed by atoms with Gasteiger partial charge in [-0.3, -0.25) is 4.98 Å². The molecule has 8 nitrogen and oxygen atoms in total. The van der Waals surface area contributed by atoms with Crippen LogP contribution in [0.5, 0.6) is 0 Å². The first-order chi connectivity index (χ1) is 19.6. The van der Waals surface area contributed by atoms with Gasteiger partial charge in [0.25, 0.3) is 0 Å². The Balaban J connectivity index is 1.53. The highest BCUT2D eigenvalue weighted by Gasteiger charge is 2.29. The van der Waals surface area contributed by atoms with Crippen molar-refractivity contribution < 1.29 is 27.8 Å². The molecule has 0 aliphatic carbocycles. The van der Waals surface area contributed by atoms with Crippen molar-refractivity contribution in [3.05, 3.63) is 71.4 Å². The maximum absolute atomic E-state index is 15.0. The van der Waals surface area contributed by atoms with Crippen molar-refractivity contribution in [2.45, 2.75) is 71.8 Å². The number of aliphatic hydroxyl groups is 1. The fourth-order valence-electron chi connectivity index (χ4n) is 5.02. The number of piperidine rings is 1. The lowest BCUT2D eigenvalue weighted by atomic mass is 9.95. The van der Waals surface area contributed by atoms with Gasteiger partial charge in [-0.25, -0.2) is 22.9 Å². The maximum atomic E-state index is 15.0. The highest BCUT2D eigenvalue weighted by molar-refractivity contribution is 5.71. The molecular formula is C31H38F3N5O3. The molecule has 0 spiro atoms. The Labute approximate surface area is 244 Å². The van der Waals surface area contributed by atoms with Gasteiger partial charge >= 0.3 is 6.09 Å². The van der Waals surface area contributed by atoms with Crippen LogP contribution < -0.4 is 15.5 Å². The molecule has 0 unspecified atom stereocenters. The molecule has 3 aromatic rings. The van der Waals surface area contributed by atoms with Crippen molar-refractivity contribution in [3.63, 3.8) is 0 Å². The molecule has 4 rings (SSSR count). The van der Waals surface area contributed by atoms with Gasteiger partial charge in [-0.05, 0) is 82.9 Å². The fraction of sp³-hybridized carbons (Fsp3) is 0.452. The molecule has 2 aromatic heterocycles. The number of nitrogens with zero attached hydrogens (tertiary/aromatic N) is 3. The van der Waals surface area contributed by atoms with Crippen molar-refractivity contribution in [3.8, 4) is 11.3 Å². The Morgan fingerprint density at radius 3 is 2.40 bits per heavy atom. The summed E-state index contributed by atoms with van der Waals surface area (Å²) >= 11 is 0. The summed E-state index contributed by atoms with van der Waals surface area (Å²) in [6.07, 6.45) is 3.67. The van der Waals surface area contributed by atoms with Gasteiger partial charge in [-0.2, -0.15) is 0 Å². The molecular weight excluding hydrogens is 547 g/mol. The first kappa shape index (κ1) is 31.1. The molecule has 0 radical (unpaired) electrons. The van der Waals surface area contributed by atoms with E-state index in [4.69, 9.17) is 4.74 Å². The highest BCUT2D eigenvalue weighted by atomic mass is 19.1. The maximum Gasteiger partial charge on any atom is 0.407 e. The van der Waals surface area contributed by atoms with E-state index in [1.54, 1.807) is 12.4 Å². The zero-order chi connectivity index (χ0) is 30.8. The van der Waals surface area contributed by atoms with E-state index in [0.717, 1.165) is 36.9 Å². The summed E-state index contributed by atoms with van der Waals surface area (Å²) in [6, 6.07) is 6.26. The van der Waals surface area contributed by atoms with E-state index in [1.807, 2.05) is 26.8 Å². The molecule has 0 bridgehead atoms. The average molecular weight is 586 g/mol. The largest absolute Gasteiger partial charge is 0.444 e. The minimum Gasteiger partial charge on any atom is -0.444 e. The van der Waals surface area contributed by atoms with Gasteiger partial charge in [0.05, 0.1) is 41.0 Å². The van der Waals surface area contributed by atoms with Gasteiger partial charge in [-0.15, -0.1) is 0 Å². The van der Waals surface area contributed by atoms with Crippen LogP contribution in [0.3, 0.4) is 0 Å². The molecule has 1 amide bonds. The molecule has 1 aromatic carbocycles. The number of amides is 1. The monoisotopic (exact) mass is 585 g/mol. The first-order valence-corrected chi connectivity index (χ1v) is 13.9. The number of hydrogen-bond acceptors (Lipinski definition) is 7. The highest BCUT2D eigenvalue weighted by Crippen LogP contribution is 2.33. The second kappa shape index (κ2) is 12.2. The lowest BCUT2D eigenvalue weighted by Gasteiger charge is -2.39. The van der Waals surface area contributed by atoms with Crippen LogP contribution in [-0.2, 0) is 16.9 Å². The molecule has 226 valence electrons. The molecule has 3 heterocycles. The molecule has 3 N–H and O–H groups in total. The van der Waals surface area contributed by atoms with Crippen molar-refractivity contribution in [2.24, 2.45) is 5.92 Å². The van der Waals surface area contributed by atoms with Gasteiger partial charge in [0.15, 0.2) is 0 Å². The number of carbonyl (C=O) groups is 1. The van der Waals surface area contributed by atoms with E-state index >= 15 is 0 Å². The van der Waals surface area contributed by atoms with Crippen LogP contribution >= 0.6 is 0 Å². The number of hydrogen-bond donors (Lipinski definition) is 3. The zero-order valence-electron chi connectivity index (χ0n) is 24.8. The second-order valence-electron chi connectivity index (χ2n) is 12.3. The Morgan fingerprint density at radius 1 is 1.07 bits per heavy atom. The Hall–Kier alpha value is -3.86.